The van der Waals surface area contributed by atoms with Crippen molar-refractivity contribution in [1.29, 1.82) is 0 Å². The Balaban J connectivity index is 1.48. The van der Waals surface area contributed by atoms with Gasteiger partial charge < -0.3 is 4.74 Å². The van der Waals surface area contributed by atoms with Gasteiger partial charge in [-0.3, -0.25) is 0 Å². The second-order valence-electron chi connectivity index (χ2n) is 7.55. The molecule has 0 N–H and O–H groups in total. The van der Waals surface area contributed by atoms with Crippen LogP contribution in [0.1, 0.15) is 31.7 Å². The van der Waals surface area contributed by atoms with Crippen LogP contribution in [0, 0.1) is 6.92 Å². The van der Waals surface area contributed by atoms with E-state index in [9.17, 15) is 0 Å². The molecule has 4 aromatic rings. The van der Waals surface area contributed by atoms with Crippen molar-refractivity contribution in [3.05, 3.63) is 84.4 Å². The van der Waals surface area contributed by atoms with Crippen LogP contribution in [0.2, 0.25) is 0 Å². The minimum Gasteiger partial charge on any atom is -0.494 e. The minimum absolute atomic E-state index is 0.792. The van der Waals surface area contributed by atoms with Crippen LogP contribution in [-0.2, 0) is 0 Å². The summed E-state index contributed by atoms with van der Waals surface area (Å²) in [7, 11) is 0. The third-order valence-electron chi connectivity index (χ3n) is 5.23. The molecule has 0 fully saturated rings. The molecule has 29 heavy (non-hydrogen) atoms. The second-order valence-corrected chi connectivity index (χ2v) is 7.55. The number of unbranched alkanes of at least 4 members (excludes halogenated alkanes) is 2. The van der Waals surface area contributed by atoms with Crippen molar-refractivity contribution >= 4 is 10.9 Å². The zero-order valence-corrected chi connectivity index (χ0v) is 17.2. The summed E-state index contributed by atoms with van der Waals surface area (Å²) in [6.07, 6.45) is 3.55. The van der Waals surface area contributed by atoms with E-state index >= 15 is 0 Å². The predicted octanol–water partition coefficient (Wildman–Crippen LogP) is 7.45. The normalized spacial score (nSPS) is 11.0. The van der Waals surface area contributed by atoms with Crippen LogP contribution >= 0.6 is 0 Å². The van der Waals surface area contributed by atoms with E-state index in [0.29, 0.717) is 0 Å². The molecular weight excluding hydrogens is 354 g/mol. The van der Waals surface area contributed by atoms with Gasteiger partial charge in [-0.05, 0) is 54.8 Å². The van der Waals surface area contributed by atoms with Crippen molar-refractivity contribution in [3.8, 4) is 28.1 Å². The lowest BCUT2D eigenvalue weighted by Gasteiger charge is -2.08. The largest absolute Gasteiger partial charge is 0.494 e. The molecule has 4 rings (SSSR count). The van der Waals surface area contributed by atoms with E-state index in [1.807, 2.05) is 0 Å². The number of aromatic nitrogens is 1. The van der Waals surface area contributed by atoms with Crippen molar-refractivity contribution in [3.63, 3.8) is 0 Å². The molecule has 0 radical (unpaired) electrons. The summed E-state index contributed by atoms with van der Waals surface area (Å²) in [4.78, 5) is 4.83. The van der Waals surface area contributed by atoms with Crippen LogP contribution in [0.15, 0.2) is 78.9 Å². The van der Waals surface area contributed by atoms with Gasteiger partial charge in [-0.1, -0.05) is 73.9 Å². The van der Waals surface area contributed by atoms with Gasteiger partial charge >= 0.3 is 0 Å². The average Bonchev–Trinajstić information content (AvgIpc) is 2.77. The Kier molecular flexibility index (Phi) is 5.90. The van der Waals surface area contributed by atoms with E-state index in [1.165, 1.54) is 34.9 Å². The van der Waals surface area contributed by atoms with Crippen LogP contribution in [0.25, 0.3) is 33.3 Å². The number of rotatable bonds is 7. The maximum Gasteiger partial charge on any atom is 0.119 e. The van der Waals surface area contributed by atoms with E-state index in [4.69, 9.17) is 9.72 Å². The van der Waals surface area contributed by atoms with E-state index in [1.54, 1.807) is 0 Å². The van der Waals surface area contributed by atoms with Gasteiger partial charge in [-0.15, -0.1) is 0 Å². The molecule has 0 spiro atoms. The number of hydrogen-bond acceptors (Lipinski definition) is 2. The van der Waals surface area contributed by atoms with Crippen molar-refractivity contribution in [2.24, 2.45) is 0 Å². The molecular formula is C27H27NO. The highest BCUT2D eigenvalue weighted by Crippen LogP contribution is 2.27. The zero-order chi connectivity index (χ0) is 20.1. The zero-order valence-electron chi connectivity index (χ0n) is 17.2. The fraction of sp³-hybridized carbons (Fsp3) is 0.222. The van der Waals surface area contributed by atoms with Gasteiger partial charge in [0.2, 0.25) is 0 Å². The van der Waals surface area contributed by atoms with E-state index in [2.05, 4.69) is 92.7 Å². The fourth-order valence-electron chi connectivity index (χ4n) is 3.52. The van der Waals surface area contributed by atoms with Crippen LogP contribution < -0.4 is 4.74 Å². The molecule has 3 aromatic carbocycles. The Bertz CT molecular complexity index is 1080. The van der Waals surface area contributed by atoms with Gasteiger partial charge in [-0.2, -0.15) is 0 Å². The first-order valence-corrected chi connectivity index (χ1v) is 10.4. The molecule has 0 atom stereocenters. The molecule has 0 amide bonds. The number of pyridine rings is 1. The van der Waals surface area contributed by atoms with E-state index in [-0.39, 0.29) is 0 Å². The predicted molar refractivity (Wildman–Crippen MR) is 122 cm³/mol. The van der Waals surface area contributed by atoms with Crippen LogP contribution in [0.4, 0.5) is 0 Å². The number of ether oxygens (including phenoxy) is 1. The van der Waals surface area contributed by atoms with Gasteiger partial charge in [0.25, 0.3) is 0 Å². The molecule has 1 heterocycles. The van der Waals surface area contributed by atoms with Crippen molar-refractivity contribution in [1.82, 2.24) is 4.98 Å². The summed E-state index contributed by atoms with van der Waals surface area (Å²) in [5, 5.41) is 1.18. The maximum atomic E-state index is 5.81. The third-order valence-corrected chi connectivity index (χ3v) is 5.23. The monoisotopic (exact) mass is 381 g/mol. The van der Waals surface area contributed by atoms with Gasteiger partial charge in [0.15, 0.2) is 0 Å². The van der Waals surface area contributed by atoms with Gasteiger partial charge in [-0.25, -0.2) is 4.98 Å². The quantitative estimate of drug-likeness (QED) is 0.310. The van der Waals surface area contributed by atoms with Crippen LogP contribution in [-0.4, -0.2) is 11.6 Å². The highest BCUT2D eigenvalue weighted by atomic mass is 16.5. The molecule has 0 bridgehead atoms. The molecule has 0 saturated carbocycles. The summed E-state index contributed by atoms with van der Waals surface area (Å²) in [5.41, 5.74) is 6.82. The van der Waals surface area contributed by atoms with Gasteiger partial charge in [0.05, 0.1) is 17.8 Å². The molecule has 0 aliphatic rings. The molecule has 0 aliphatic heterocycles. The van der Waals surface area contributed by atoms with Crippen LogP contribution in [0.3, 0.4) is 0 Å². The van der Waals surface area contributed by atoms with Crippen LogP contribution in [0.5, 0.6) is 5.75 Å². The number of nitrogens with zero attached hydrogens (tertiary/aromatic N) is 1. The van der Waals surface area contributed by atoms with Crippen molar-refractivity contribution in [2.45, 2.75) is 33.1 Å². The summed E-state index contributed by atoms with van der Waals surface area (Å²) >= 11 is 0. The highest BCUT2D eigenvalue weighted by molar-refractivity contribution is 5.82. The first-order chi connectivity index (χ1) is 14.2. The number of benzene rings is 3. The standard InChI is InChI=1S/C27H27NO/c1-3-4-5-18-29-25-14-11-22(12-15-25)21-7-9-23(10-8-21)26-17-13-24-19-20(2)6-16-27(24)28-26/h6-17,19H,3-5,18H2,1-2H3. The van der Waals surface area contributed by atoms with Gasteiger partial charge in [0, 0.05) is 10.9 Å². The first-order valence-electron chi connectivity index (χ1n) is 10.4. The molecule has 146 valence electrons. The van der Waals surface area contributed by atoms with Crippen molar-refractivity contribution in [2.75, 3.05) is 6.61 Å². The molecule has 1 aromatic heterocycles. The molecule has 0 saturated heterocycles. The smallest absolute Gasteiger partial charge is 0.119 e. The Hall–Kier alpha value is -3.13. The Morgan fingerprint density at radius 2 is 1.41 bits per heavy atom. The first kappa shape index (κ1) is 19.2. The van der Waals surface area contributed by atoms with E-state index < -0.39 is 0 Å². The lowest BCUT2D eigenvalue weighted by atomic mass is 10.0. The number of aryl methyl sites for hydroxylation is 1. The topological polar surface area (TPSA) is 22.1 Å². The third kappa shape index (κ3) is 4.65. The fourth-order valence-corrected chi connectivity index (χ4v) is 3.52. The Morgan fingerprint density at radius 3 is 2.14 bits per heavy atom. The molecule has 0 aliphatic carbocycles. The maximum absolute atomic E-state index is 5.81. The number of hydrogen-bond donors (Lipinski definition) is 0. The Labute approximate surface area is 173 Å². The molecule has 2 heteroatoms. The SMILES string of the molecule is CCCCCOc1ccc(-c2ccc(-c3ccc4cc(C)ccc4n3)cc2)cc1. The molecule has 0 unspecified atom stereocenters. The Morgan fingerprint density at radius 1 is 0.724 bits per heavy atom. The minimum atomic E-state index is 0.792. The highest BCUT2D eigenvalue weighted by Gasteiger charge is 2.04. The average molecular weight is 382 g/mol. The summed E-state index contributed by atoms with van der Waals surface area (Å²) in [6.45, 7) is 5.11. The molecule has 2 nitrogen and oxygen atoms in total. The van der Waals surface area contributed by atoms with Gasteiger partial charge in [0.1, 0.15) is 5.75 Å². The summed E-state index contributed by atoms with van der Waals surface area (Å²) < 4.78 is 5.81. The van der Waals surface area contributed by atoms with E-state index in [0.717, 1.165) is 35.6 Å². The lowest BCUT2D eigenvalue weighted by Crippen LogP contribution is -1.96. The summed E-state index contributed by atoms with van der Waals surface area (Å²) in [6, 6.07) is 27.6. The van der Waals surface area contributed by atoms with Crippen molar-refractivity contribution < 1.29 is 4.74 Å². The number of fused-ring (bicyclic) bond motifs is 1. The lowest BCUT2D eigenvalue weighted by molar-refractivity contribution is 0.306. The summed E-state index contributed by atoms with van der Waals surface area (Å²) in [5.74, 6) is 0.942. The second kappa shape index (κ2) is 8.91.